The van der Waals surface area contributed by atoms with Gasteiger partial charge in [0.05, 0.1) is 19.1 Å². The molecule has 43 heavy (non-hydrogen) atoms. The van der Waals surface area contributed by atoms with Crippen LogP contribution in [0.5, 0.6) is 0 Å². The first-order valence-corrected chi connectivity index (χ1v) is 15.1. The highest BCUT2D eigenvalue weighted by atomic mass is 16.5. The van der Waals surface area contributed by atoms with Crippen molar-refractivity contribution in [1.29, 1.82) is 0 Å². The summed E-state index contributed by atoms with van der Waals surface area (Å²) in [6.07, 6.45) is -2.21. The number of aliphatic hydroxyl groups is 2. The highest BCUT2D eigenvalue weighted by Gasteiger charge is 2.43. The van der Waals surface area contributed by atoms with E-state index < -0.39 is 84.9 Å². The molecule has 2 rings (SSSR count). The lowest BCUT2D eigenvalue weighted by atomic mass is 9.94. The number of rotatable bonds is 6. The van der Waals surface area contributed by atoms with Crippen LogP contribution in [-0.4, -0.2) is 131 Å². The van der Waals surface area contributed by atoms with E-state index >= 15 is 0 Å². The molecule has 14 heteroatoms. The molecule has 0 aromatic rings. The van der Waals surface area contributed by atoms with Crippen LogP contribution in [0.15, 0.2) is 0 Å². The molecular formula is C29H49N5O9. The zero-order chi connectivity index (χ0) is 32.6. The zero-order valence-electron chi connectivity index (χ0n) is 26.4. The summed E-state index contributed by atoms with van der Waals surface area (Å²) in [5, 5.41) is 24.8. The molecule has 0 unspecified atom stereocenters. The monoisotopic (exact) mass is 611 g/mol. The van der Waals surface area contributed by atoms with Gasteiger partial charge in [0.25, 0.3) is 5.91 Å². The molecule has 0 spiro atoms. The molecule has 2 aliphatic rings. The summed E-state index contributed by atoms with van der Waals surface area (Å²) in [4.78, 5) is 84.1. The van der Waals surface area contributed by atoms with Crippen LogP contribution >= 0.6 is 0 Å². The van der Waals surface area contributed by atoms with Crippen molar-refractivity contribution in [3.8, 4) is 0 Å². The number of cyclic esters (lactones) is 1. The third-order valence-corrected chi connectivity index (χ3v) is 8.45. The average Bonchev–Trinajstić information content (AvgIpc) is 3.46. The highest BCUT2D eigenvalue weighted by Crippen LogP contribution is 2.23. The highest BCUT2D eigenvalue weighted by molar-refractivity contribution is 5.96. The van der Waals surface area contributed by atoms with E-state index in [1.807, 2.05) is 6.92 Å². The fourth-order valence-corrected chi connectivity index (χ4v) is 5.42. The first-order valence-electron chi connectivity index (χ1n) is 15.1. The van der Waals surface area contributed by atoms with Crippen LogP contribution in [0.3, 0.4) is 0 Å². The van der Waals surface area contributed by atoms with E-state index in [0.29, 0.717) is 19.3 Å². The van der Waals surface area contributed by atoms with Crippen LogP contribution in [-0.2, 0) is 33.5 Å². The molecule has 2 saturated heterocycles. The Morgan fingerprint density at radius 3 is 2.21 bits per heavy atom. The number of hydrogen-bond acceptors (Lipinski definition) is 9. The SMILES string of the molecule is CC[C@H](C)[C@H]1NC(=O)[C@H]2CCCN2C(=O)[C@@H](C[C@H](O)CO)OC(=O)CCNC(=O)[C@@H](C)N(C)C(=O)[C@@H](C(C)C)N(C)C1=O. The Labute approximate surface area is 253 Å². The summed E-state index contributed by atoms with van der Waals surface area (Å²) in [7, 11) is 2.96. The lowest BCUT2D eigenvalue weighted by Gasteiger charge is -2.38. The summed E-state index contributed by atoms with van der Waals surface area (Å²) in [6.45, 7) is 8.14. The predicted octanol–water partition coefficient (Wildman–Crippen LogP) is -0.987. The number of nitrogens with zero attached hydrogens (tertiary/aromatic N) is 3. The molecule has 2 fully saturated rings. The van der Waals surface area contributed by atoms with Gasteiger partial charge in [0.15, 0.2) is 6.10 Å². The fourth-order valence-electron chi connectivity index (χ4n) is 5.42. The first kappa shape index (κ1) is 35.9. The topological polar surface area (TPSA) is 186 Å². The number of likely N-dealkylation sites (N-methyl/N-ethyl adjacent to an activating group) is 2. The molecule has 0 bridgehead atoms. The minimum absolute atomic E-state index is 0.148. The lowest BCUT2D eigenvalue weighted by Crippen LogP contribution is -2.60. The second-order valence-corrected chi connectivity index (χ2v) is 11.9. The maximum atomic E-state index is 13.9. The van der Waals surface area contributed by atoms with Crippen molar-refractivity contribution in [2.45, 2.75) is 103 Å². The van der Waals surface area contributed by atoms with Crippen molar-refractivity contribution in [2.24, 2.45) is 11.8 Å². The van der Waals surface area contributed by atoms with Crippen molar-refractivity contribution in [3.05, 3.63) is 0 Å². The number of nitrogens with one attached hydrogen (secondary N) is 2. The van der Waals surface area contributed by atoms with Crippen molar-refractivity contribution >= 4 is 35.5 Å². The van der Waals surface area contributed by atoms with Gasteiger partial charge in [0, 0.05) is 33.6 Å². The molecule has 14 nitrogen and oxygen atoms in total. The van der Waals surface area contributed by atoms with Gasteiger partial charge in [-0.05, 0) is 31.6 Å². The van der Waals surface area contributed by atoms with Crippen LogP contribution in [0, 0.1) is 11.8 Å². The Hall–Kier alpha value is -3.26. The van der Waals surface area contributed by atoms with Gasteiger partial charge >= 0.3 is 5.97 Å². The largest absolute Gasteiger partial charge is 0.452 e. The van der Waals surface area contributed by atoms with Crippen LogP contribution in [0.4, 0.5) is 0 Å². The Kier molecular flexibility index (Phi) is 13.4. The number of fused-ring (bicyclic) bond motifs is 1. The molecule has 0 aromatic heterocycles. The van der Waals surface area contributed by atoms with Crippen molar-refractivity contribution in [2.75, 3.05) is 33.8 Å². The Bertz CT molecular complexity index is 1040. The molecule has 7 atom stereocenters. The number of hydrogen-bond donors (Lipinski definition) is 4. The molecule has 0 saturated carbocycles. The lowest BCUT2D eigenvalue weighted by molar-refractivity contribution is -0.163. The molecule has 2 heterocycles. The van der Waals surface area contributed by atoms with Gasteiger partial charge in [-0.15, -0.1) is 0 Å². The van der Waals surface area contributed by atoms with E-state index in [0.717, 1.165) is 0 Å². The van der Waals surface area contributed by atoms with Crippen LogP contribution in [0.2, 0.25) is 0 Å². The Morgan fingerprint density at radius 2 is 1.63 bits per heavy atom. The molecular weight excluding hydrogens is 562 g/mol. The third-order valence-electron chi connectivity index (χ3n) is 8.45. The minimum atomic E-state index is -1.48. The molecule has 4 N–H and O–H groups in total. The van der Waals surface area contributed by atoms with Crippen LogP contribution < -0.4 is 10.6 Å². The summed E-state index contributed by atoms with van der Waals surface area (Å²) < 4.78 is 5.38. The average molecular weight is 612 g/mol. The summed E-state index contributed by atoms with van der Waals surface area (Å²) in [5.74, 6) is -4.22. The van der Waals surface area contributed by atoms with Gasteiger partial charge in [-0.3, -0.25) is 28.8 Å². The Morgan fingerprint density at radius 1 is 0.977 bits per heavy atom. The van der Waals surface area contributed by atoms with E-state index in [-0.39, 0.29) is 31.3 Å². The number of aliphatic hydroxyl groups excluding tert-OH is 2. The number of carbonyl (C=O) groups is 6. The van der Waals surface area contributed by atoms with E-state index in [1.165, 1.54) is 35.7 Å². The molecule has 5 amide bonds. The van der Waals surface area contributed by atoms with Crippen molar-refractivity contribution in [3.63, 3.8) is 0 Å². The van der Waals surface area contributed by atoms with E-state index in [2.05, 4.69) is 10.6 Å². The third kappa shape index (κ3) is 8.88. The quantitative estimate of drug-likeness (QED) is 0.274. The fraction of sp³-hybridized carbons (Fsp3) is 0.793. The molecule has 0 radical (unpaired) electrons. The summed E-state index contributed by atoms with van der Waals surface area (Å²) in [5.41, 5.74) is 0. The second-order valence-electron chi connectivity index (χ2n) is 11.9. The smallest absolute Gasteiger partial charge is 0.308 e. The van der Waals surface area contributed by atoms with Crippen molar-refractivity contribution < 1.29 is 43.7 Å². The second kappa shape index (κ2) is 16.0. The van der Waals surface area contributed by atoms with Gasteiger partial charge < -0.3 is 40.3 Å². The molecule has 0 aliphatic carbocycles. The normalized spacial score (nSPS) is 28.9. The Balaban J connectivity index is 2.54. The molecule has 0 aromatic carbocycles. The first-order chi connectivity index (χ1) is 20.2. The van der Waals surface area contributed by atoms with E-state index in [9.17, 15) is 39.0 Å². The number of amides is 5. The maximum Gasteiger partial charge on any atom is 0.308 e. The van der Waals surface area contributed by atoms with Gasteiger partial charge in [-0.25, -0.2) is 0 Å². The van der Waals surface area contributed by atoms with E-state index in [1.54, 1.807) is 20.8 Å². The van der Waals surface area contributed by atoms with Crippen LogP contribution in [0.25, 0.3) is 0 Å². The van der Waals surface area contributed by atoms with Gasteiger partial charge in [-0.2, -0.15) is 0 Å². The van der Waals surface area contributed by atoms with Gasteiger partial charge in [0.2, 0.25) is 23.6 Å². The summed E-state index contributed by atoms with van der Waals surface area (Å²) >= 11 is 0. The van der Waals surface area contributed by atoms with Gasteiger partial charge in [0.1, 0.15) is 24.2 Å². The molecule has 244 valence electrons. The van der Waals surface area contributed by atoms with Crippen molar-refractivity contribution in [1.82, 2.24) is 25.3 Å². The van der Waals surface area contributed by atoms with Gasteiger partial charge in [-0.1, -0.05) is 34.1 Å². The molecule has 2 aliphatic heterocycles. The number of carbonyl (C=O) groups excluding carboxylic acids is 6. The van der Waals surface area contributed by atoms with Crippen LogP contribution in [0.1, 0.15) is 66.7 Å². The zero-order valence-corrected chi connectivity index (χ0v) is 26.4. The minimum Gasteiger partial charge on any atom is -0.452 e. The number of esters is 1. The standard InChI is InChI=1S/C29H49N5O9/c1-8-17(4)23-28(41)33(7)24(16(2)3)29(42)32(6)18(5)25(38)30-12-11-22(37)43-21(14-19(36)15-35)27(40)34-13-9-10-20(34)26(39)31-23/h16-21,23-24,35-36H,8-15H2,1-7H3,(H,30,38)(H,31,39)/t17-,18+,19-,20+,21+,23+,24+/m0/s1. The van der Waals surface area contributed by atoms with E-state index in [4.69, 9.17) is 4.74 Å². The maximum absolute atomic E-state index is 13.9. The predicted molar refractivity (Wildman–Crippen MR) is 155 cm³/mol. The number of ether oxygens (including phenoxy) is 1. The summed E-state index contributed by atoms with van der Waals surface area (Å²) in [6, 6.07) is -3.84.